The van der Waals surface area contributed by atoms with Crippen molar-refractivity contribution in [2.45, 2.75) is 58.7 Å². The van der Waals surface area contributed by atoms with E-state index in [4.69, 9.17) is 4.74 Å². The molecule has 0 aliphatic carbocycles. The molecule has 0 spiro atoms. The molecule has 0 saturated carbocycles. The number of piperazine rings is 1. The van der Waals surface area contributed by atoms with Crippen LogP contribution < -0.4 is 5.32 Å². The van der Waals surface area contributed by atoms with Gasteiger partial charge in [0.05, 0.1) is 0 Å². The molecule has 0 aromatic carbocycles. The van der Waals surface area contributed by atoms with E-state index in [-0.39, 0.29) is 0 Å². The average Bonchev–Trinajstić information content (AvgIpc) is 2.27. The van der Waals surface area contributed by atoms with Crippen molar-refractivity contribution >= 4 is 0 Å². The van der Waals surface area contributed by atoms with Gasteiger partial charge in [0.1, 0.15) is 0 Å². The lowest BCUT2D eigenvalue weighted by molar-refractivity contribution is 0.0613. The second-order valence-electron chi connectivity index (χ2n) is 5.92. The molecule has 1 N–H and O–H groups in total. The van der Waals surface area contributed by atoms with Crippen LogP contribution in [0.1, 0.15) is 40.5 Å². The molecule has 0 amide bonds. The van der Waals surface area contributed by atoms with Crippen LogP contribution in [-0.2, 0) is 4.74 Å². The van der Waals surface area contributed by atoms with E-state index in [0.29, 0.717) is 18.1 Å². The molecule has 1 aliphatic rings. The minimum atomic E-state index is 0.614. The molecular weight excluding hydrogens is 212 g/mol. The summed E-state index contributed by atoms with van der Waals surface area (Å²) in [7, 11) is 1.79. The molecule has 0 aromatic heterocycles. The number of ether oxygens (including phenoxy) is 1. The molecule has 3 atom stereocenters. The topological polar surface area (TPSA) is 24.5 Å². The highest BCUT2D eigenvalue weighted by molar-refractivity contribution is 4.87. The highest BCUT2D eigenvalue weighted by atomic mass is 16.5. The Morgan fingerprint density at radius 1 is 1.35 bits per heavy atom. The first kappa shape index (κ1) is 14.9. The Kier molecular flexibility index (Phi) is 6.45. The van der Waals surface area contributed by atoms with Gasteiger partial charge in [-0.25, -0.2) is 0 Å². The van der Waals surface area contributed by atoms with Crippen molar-refractivity contribution < 1.29 is 4.74 Å². The van der Waals surface area contributed by atoms with Crippen LogP contribution in [0, 0.1) is 5.92 Å². The molecule has 1 heterocycles. The smallest absolute Gasteiger partial charge is 0.0477 e. The Balaban J connectivity index is 2.53. The zero-order chi connectivity index (χ0) is 12.8. The van der Waals surface area contributed by atoms with Crippen LogP contribution in [0.3, 0.4) is 0 Å². The first-order valence-electron chi connectivity index (χ1n) is 7.02. The van der Waals surface area contributed by atoms with E-state index < -0.39 is 0 Å². The molecule has 3 unspecified atom stereocenters. The van der Waals surface area contributed by atoms with Crippen LogP contribution in [0.2, 0.25) is 0 Å². The fourth-order valence-electron chi connectivity index (χ4n) is 2.74. The maximum absolute atomic E-state index is 5.20. The summed E-state index contributed by atoms with van der Waals surface area (Å²) in [5.74, 6) is 0.771. The van der Waals surface area contributed by atoms with E-state index >= 15 is 0 Å². The number of nitrogens with one attached hydrogen (secondary N) is 1. The van der Waals surface area contributed by atoms with Gasteiger partial charge in [-0.3, -0.25) is 4.90 Å². The van der Waals surface area contributed by atoms with Crippen molar-refractivity contribution in [2.24, 2.45) is 5.92 Å². The molecule has 0 radical (unpaired) electrons. The van der Waals surface area contributed by atoms with E-state index in [1.165, 1.54) is 13.0 Å². The third-order valence-electron chi connectivity index (χ3n) is 3.71. The summed E-state index contributed by atoms with van der Waals surface area (Å²) in [5, 5.41) is 3.61. The van der Waals surface area contributed by atoms with Crippen LogP contribution in [0.15, 0.2) is 0 Å². The van der Waals surface area contributed by atoms with E-state index in [2.05, 4.69) is 37.9 Å². The fourth-order valence-corrected chi connectivity index (χ4v) is 2.74. The molecule has 17 heavy (non-hydrogen) atoms. The van der Waals surface area contributed by atoms with Crippen molar-refractivity contribution in [1.29, 1.82) is 0 Å². The lowest BCUT2D eigenvalue weighted by Crippen LogP contribution is -2.58. The Hall–Kier alpha value is -0.120. The molecule has 102 valence electrons. The van der Waals surface area contributed by atoms with Crippen LogP contribution in [0.4, 0.5) is 0 Å². The second kappa shape index (κ2) is 7.34. The summed E-state index contributed by atoms with van der Waals surface area (Å²) < 4.78 is 5.20. The SMILES string of the molecule is COCCC(C)N1CC(C)NCC1CC(C)C. The van der Waals surface area contributed by atoms with E-state index in [9.17, 15) is 0 Å². The van der Waals surface area contributed by atoms with Gasteiger partial charge in [-0.1, -0.05) is 13.8 Å². The quantitative estimate of drug-likeness (QED) is 0.772. The summed E-state index contributed by atoms with van der Waals surface area (Å²) >= 11 is 0. The third kappa shape index (κ3) is 4.94. The number of nitrogens with zero attached hydrogens (tertiary/aromatic N) is 1. The van der Waals surface area contributed by atoms with Crippen molar-refractivity contribution in [3.63, 3.8) is 0 Å². The standard InChI is InChI=1S/C14H30N2O/c1-11(2)8-14-9-15-12(3)10-16(14)13(4)6-7-17-5/h11-15H,6-10H2,1-5H3. The van der Waals surface area contributed by atoms with E-state index in [0.717, 1.165) is 25.5 Å². The lowest BCUT2D eigenvalue weighted by atomic mass is 9.97. The van der Waals surface area contributed by atoms with Gasteiger partial charge >= 0.3 is 0 Å². The number of hydrogen-bond acceptors (Lipinski definition) is 3. The first-order chi connectivity index (χ1) is 8.04. The highest BCUT2D eigenvalue weighted by Crippen LogP contribution is 2.19. The van der Waals surface area contributed by atoms with Gasteiger partial charge in [0.2, 0.25) is 0 Å². The zero-order valence-corrected chi connectivity index (χ0v) is 12.2. The van der Waals surface area contributed by atoms with Crippen molar-refractivity contribution in [2.75, 3.05) is 26.8 Å². The van der Waals surface area contributed by atoms with Gasteiger partial charge in [-0.2, -0.15) is 0 Å². The molecule has 0 bridgehead atoms. The van der Waals surface area contributed by atoms with Crippen LogP contribution >= 0.6 is 0 Å². The number of rotatable bonds is 6. The second-order valence-corrected chi connectivity index (χ2v) is 5.92. The number of hydrogen-bond donors (Lipinski definition) is 1. The number of methoxy groups -OCH3 is 1. The average molecular weight is 242 g/mol. The van der Waals surface area contributed by atoms with Crippen LogP contribution in [0.25, 0.3) is 0 Å². The summed E-state index contributed by atoms with van der Waals surface area (Å²) in [4.78, 5) is 2.68. The molecular formula is C14H30N2O. The van der Waals surface area contributed by atoms with Gasteiger partial charge in [-0.05, 0) is 32.6 Å². The van der Waals surface area contributed by atoms with Gasteiger partial charge in [0.15, 0.2) is 0 Å². The predicted molar refractivity (Wildman–Crippen MR) is 73.4 cm³/mol. The largest absolute Gasteiger partial charge is 0.385 e. The Bertz CT molecular complexity index is 208. The highest BCUT2D eigenvalue weighted by Gasteiger charge is 2.29. The summed E-state index contributed by atoms with van der Waals surface area (Å²) in [6, 6.07) is 1.93. The van der Waals surface area contributed by atoms with Crippen molar-refractivity contribution in [1.82, 2.24) is 10.2 Å². The van der Waals surface area contributed by atoms with Crippen LogP contribution in [0.5, 0.6) is 0 Å². The van der Waals surface area contributed by atoms with Gasteiger partial charge in [0, 0.05) is 44.9 Å². The van der Waals surface area contributed by atoms with Gasteiger partial charge in [0.25, 0.3) is 0 Å². The molecule has 1 saturated heterocycles. The molecule has 1 fully saturated rings. The lowest BCUT2D eigenvalue weighted by Gasteiger charge is -2.43. The molecule has 3 nitrogen and oxygen atoms in total. The third-order valence-corrected chi connectivity index (χ3v) is 3.71. The molecule has 0 aromatic rings. The normalized spacial score (nSPS) is 28.6. The van der Waals surface area contributed by atoms with Crippen molar-refractivity contribution in [3.05, 3.63) is 0 Å². The summed E-state index contributed by atoms with van der Waals surface area (Å²) in [5.41, 5.74) is 0. The molecule has 1 rings (SSSR count). The van der Waals surface area contributed by atoms with Crippen LogP contribution in [-0.4, -0.2) is 49.8 Å². The Labute approximate surface area is 107 Å². The summed E-state index contributed by atoms with van der Waals surface area (Å²) in [6.07, 6.45) is 2.43. The van der Waals surface area contributed by atoms with E-state index in [1.54, 1.807) is 7.11 Å². The Morgan fingerprint density at radius 2 is 2.06 bits per heavy atom. The maximum atomic E-state index is 5.20. The maximum Gasteiger partial charge on any atom is 0.0477 e. The van der Waals surface area contributed by atoms with Gasteiger partial charge < -0.3 is 10.1 Å². The Morgan fingerprint density at radius 3 is 2.65 bits per heavy atom. The minimum Gasteiger partial charge on any atom is -0.385 e. The minimum absolute atomic E-state index is 0.614. The fraction of sp³-hybridized carbons (Fsp3) is 1.00. The van der Waals surface area contributed by atoms with Crippen molar-refractivity contribution in [3.8, 4) is 0 Å². The first-order valence-corrected chi connectivity index (χ1v) is 7.02. The summed E-state index contributed by atoms with van der Waals surface area (Å²) in [6.45, 7) is 12.4. The monoisotopic (exact) mass is 242 g/mol. The predicted octanol–water partition coefficient (Wildman–Crippen LogP) is 2.12. The molecule has 3 heteroatoms. The molecule has 1 aliphatic heterocycles. The van der Waals surface area contributed by atoms with E-state index in [1.807, 2.05) is 0 Å². The van der Waals surface area contributed by atoms with Gasteiger partial charge in [-0.15, -0.1) is 0 Å². The zero-order valence-electron chi connectivity index (χ0n) is 12.2.